The second kappa shape index (κ2) is 7.00. The van der Waals surface area contributed by atoms with Crippen molar-refractivity contribution in [2.75, 3.05) is 25.4 Å². The van der Waals surface area contributed by atoms with Crippen molar-refractivity contribution < 1.29 is 8.42 Å². The predicted octanol–water partition coefficient (Wildman–Crippen LogP) is 2.75. The van der Waals surface area contributed by atoms with Crippen molar-refractivity contribution in [2.24, 2.45) is 0 Å². The number of sulfone groups is 1. The van der Waals surface area contributed by atoms with Crippen LogP contribution in [0.2, 0.25) is 10.0 Å². The van der Waals surface area contributed by atoms with E-state index in [-0.39, 0.29) is 10.9 Å². The van der Waals surface area contributed by atoms with Crippen LogP contribution in [0.5, 0.6) is 0 Å². The van der Waals surface area contributed by atoms with Crippen LogP contribution in [0.25, 0.3) is 5.69 Å². The number of rotatable bonds is 5. The standard InChI is InChI=1S/C15H18Cl2N4O2S/c1-11-18-15(24(22,23)9-8-20-6-2-3-7-20)19-21(11)12-4-5-13(16)14(17)10-12/h4-5,10H,2-3,6-9H2,1H3. The van der Waals surface area contributed by atoms with E-state index in [1.54, 1.807) is 25.1 Å². The van der Waals surface area contributed by atoms with Crippen LogP contribution < -0.4 is 0 Å². The smallest absolute Gasteiger partial charge is 0.267 e. The van der Waals surface area contributed by atoms with Gasteiger partial charge in [0, 0.05) is 6.54 Å². The number of aromatic nitrogens is 3. The fourth-order valence-corrected chi connectivity index (χ4v) is 4.16. The average Bonchev–Trinajstić information content (AvgIpc) is 3.18. The van der Waals surface area contributed by atoms with Gasteiger partial charge in [-0.2, -0.15) is 0 Å². The third kappa shape index (κ3) is 3.74. The lowest BCUT2D eigenvalue weighted by atomic mass is 10.3. The summed E-state index contributed by atoms with van der Waals surface area (Å²) in [5.41, 5.74) is 0.621. The maximum atomic E-state index is 12.5. The molecule has 24 heavy (non-hydrogen) atoms. The Kier molecular flexibility index (Phi) is 5.15. The van der Waals surface area contributed by atoms with E-state index in [1.807, 2.05) is 0 Å². The first kappa shape index (κ1) is 17.7. The van der Waals surface area contributed by atoms with Crippen molar-refractivity contribution in [3.63, 3.8) is 0 Å². The minimum atomic E-state index is -3.52. The van der Waals surface area contributed by atoms with Gasteiger partial charge >= 0.3 is 0 Å². The highest BCUT2D eigenvalue weighted by Crippen LogP contribution is 2.25. The van der Waals surface area contributed by atoms with E-state index >= 15 is 0 Å². The first-order chi connectivity index (χ1) is 11.4. The summed E-state index contributed by atoms with van der Waals surface area (Å²) in [7, 11) is -3.52. The molecule has 2 aromatic rings. The Labute approximate surface area is 151 Å². The van der Waals surface area contributed by atoms with Crippen molar-refractivity contribution in [1.29, 1.82) is 0 Å². The Hall–Kier alpha value is -1.15. The van der Waals surface area contributed by atoms with Gasteiger partial charge in [-0.25, -0.2) is 18.1 Å². The summed E-state index contributed by atoms with van der Waals surface area (Å²) in [6, 6.07) is 4.99. The molecule has 130 valence electrons. The summed E-state index contributed by atoms with van der Waals surface area (Å²) in [5.74, 6) is 0.505. The molecule has 0 atom stereocenters. The molecular weight excluding hydrogens is 371 g/mol. The van der Waals surface area contributed by atoms with Crippen molar-refractivity contribution in [3.05, 3.63) is 34.1 Å². The zero-order chi connectivity index (χ0) is 17.3. The van der Waals surface area contributed by atoms with Gasteiger partial charge in [0.05, 0.1) is 21.5 Å². The van der Waals surface area contributed by atoms with Crippen LogP contribution in [0.4, 0.5) is 0 Å². The normalized spacial score (nSPS) is 16.0. The molecule has 1 aromatic carbocycles. The summed E-state index contributed by atoms with van der Waals surface area (Å²) in [4.78, 5) is 6.28. The molecule has 3 rings (SSSR count). The minimum Gasteiger partial charge on any atom is -0.302 e. The topological polar surface area (TPSA) is 68.1 Å². The zero-order valence-electron chi connectivity index (χ0n) is 13.2. The molecule has 0 radical (unpaired) electrons. The molecule has 1 saturated heterocycles. The number of nitrogens with zero attached hydrogens (tertiary/aromatic N) is 4. The molecular formula is C15H18Cl2N4O2S. The average molecular weight is 389 g/mol. The van der Waals surface area contributed by atoms with E-state index in [9.17, 15) is 8.42 Å². The monoisotopic (exact) mass is 388 g/mol. The van der Waals surface area contributed by atoms with Crippen molar-refractivity contribution in [2.45, 2.75) is 24.9 Å². The van der Waals surface area contributed by atoms with Crippen LogP contribution in [-0.2, 0) is 9.84 Å². The molecule has 0 bridgehead atoms. The Morgan fingerprint density at radius 1 is 1.17 bits per heavy atom. The summed E-state index contributed by atoms with van der Waals surface area (Å²) in [5, 5.41) is 4.82. The number of aryl methyl sites for hydroxylation is 1. The lowest BCUT2D eigenvalue weighted by molar-refractivity contribution is 0.359. The van der Waals surface area contributed by atoms with E-state index in [4.69, 9.17) is 23.2 Å². The number of hydrogen-bond donors (Lipinski definition) is 0. The SMILES string of the molecule is Cc1nc(S(=O)(=O)CCN2CCCC2)nn1-c1ccc(Cl)c(Cl)c1. The Bertz CT molecular complexity index is 845. The van der Waals surface area contributed by atoms with Gasteiger partial charge in [0.25, 0.3) is 5.16 Å². The Morgan fingerprint density at radius 2 is 1.88 bits per heavy atom. The molecule has 0 amide bonds. The summed E-state index contributed by atoms with van der Waals surface area (Å²) in [6.07, 6.45) is 2.26. The van der Waals surface area contributed by atoms with E-state index < -0.39 is 9.84 Å². The molecule has 1 aliphatic rings. The highest BCUT2D eigenvalue weighted by molar-refractivity contribution is 7.91. The van der Waals surface area contributed by atoms with E-state index in [0.717, 1.165) is 25.9 Å². The molecule has 0 unspecified atom stereocenters. The second-order valence-electron chi connectivity index (χ2n) is 5.82. The van der Waals surface area contributed by atoms with Gasteiger partial charge < -0.3 is 4.90 Å². The largest absolute Gasteiger partial charge is 0.302 e. The van der Waals surface area contributed by atoms with Gasteiger partial charge in [0.2, 0.25) is 9.84 Å². The van der Waals surface area contributed by atoms with Gasteiger partial charge in [-0.3, -0.25) is 0 Å². The highest BCUT2D eigenvalue weighted by atomic mass is 35.5. The molecule has 0 aliphatic carbocycles. The molecule has 2 heterocycles. The third-order valence-corrected chi connectivity index (χ3v) is 6.24. The summed E-state index contributed by atoms with van der Waals surface area (Å²) in [6.45, 7) is 4.14. The number of benzene rings is 1. The maximum Gasteiger partial charge on any atom is 0.267 e. The predicted molar refractivity (Wildman–Crippen MR) is 93.8 cm³/mol. The first-order valence-electron chi connectivity index (χ1n) is 7.71. The second-order valence-corrected chi connectivity index (χ2v) is 8.64. The highest BCUT2D eigenvalue weighted by Gasteiger charge is 2.24. The van der Waals surface area contributed by atoms with Crippen LogP contribution in [0.3, 0.4) is 0 Å². The maximum absolute atomic E-state index is 12.5. The fourth-order valence-electron chi connectivity index (χ4n) is 2.71. The quantitative estimate of drug-likeness (QED) is 0.787. The van der Waals surface area contributed by atoms with Gasteiger partial charge in [-0.15, -0.1) is 5.10 Å². The number of halogens is 2. The van der Waals surface area contributed by atoms with Crippen LogP contribution >= 0.6 is 23.2 Å². The van der Waals surface area contributed by atoms with Gasteiger partial charge in [0.1, 0.15) is 5.82 Å². The van der Waals surface area contributed by atoms with Crippen LogP contribution in [-0.4, -0.2) is 53.5 Å². The molecule has 1 fully saturated rings. The van der Waals surface area contributed by atoms with Crippen LogP contribution in [0.1, 0.15) is 18.7 Å². The number of hydrogen-bond acceptors (Lipinski definition) is 5. The summed E-state index contributed by atoms with van der Waals surface area (Å²) < 4.78 is 26.5. The van der Waals surface area contributed by atoms with Crippen LogP contribution in [0.15, 0.2) is 23.4 Å². The Balaban J connectivity index is 1.83. The molecule has 1 aromatic heterocycles. The van der Waals surface area contributed by atoms with Crippen molar-refractivity contribution >= 4 is 33.0 Å². The molecule has 6 nitrogen and oxygen atoms in total. The Morgan fingerprint density at radius 3 is 2.54 bits per heavy atom. The lowest BCUT2D eigenvalue weighted by Gasteiger charge is -2.13. The first-order valence-corrected chi connectivity index (χ1v) is 10.1. The molecule has 9 heteroatoms. The lowest BCUT2D eigenvalue weighted by Crippen LogP contribution is -2.27. The molecule has 0 saturated carbocycles. The van der Waals surface area contributed by atoms with Gasteiger partial charge in [-0.05, 0) is 51.1 Å². The van der Waals surface area contributed by atoms with Gasteiger partial charge in [0.15, 0.2) is 0 Å². The van der Waals surface area contributed by atoms with Crippen molar-refractivity contribution in [1.82, 2.24) is 19.7 Å². The van der Waals surface area contributed by atoms with Gasteiger partial charge in [-0.1, -0.05) is 23.2 Å². The fraction of sp³-hybridized carbons (Fsp3) is 0.467. The molecule has 1 aliphatic heterocycles. The summed E-state index contributed by atoms with van der Waals surface area (Å²) >= 11 is 11.9. The zero-order valence-corrected chi connectivity index (χ0v) is 15.6. The van der Waals surface area contributed by atoms with Crippen molar-refractivity contribution in [3.8, 4) is 5.69 Å². The third-order valence-electron chi connectivity index (χ3n) is 4.05. The minimum absolute atomic E-state index is 0.0256. The van der Waals surface area contributed by atoms with Crippen LogP contribution in [0, 0.1) is 6.92 Å². The van der Waals surface area contributed by atoms with E-state index in [2.05, 4.69) is 15.0 Å². The number of likely N-dealkylation sites (tertiary alicyclic amines) is 1. The van der Waals surface area contributed by atoms with E-state index in [0.29, 0.717) is 28.1 Å². The van der Waals surface area contributed by atoms with E-state index in [1.165, 1.54) is 4.68 Å². The molecule has 0 N–H and O–H groups in total. The molecule has 0 spiro atoms.